The highest BCUT2D eigenvalue weighted by Gasteiger charge is 2.20. The number of carbonyl (C=O) groups is 5. The molecule has 18 heteroatoms. The average Bonchev–Trinajstić information content (AvgIpc) is 2.87. The van der Waals surface area contributed by atoms with E-state index >= 15 is 0 Å². The summed E-state index contributed by atoms with van der Waals surface area (Å²) in [4.78, 5) is 60.7. The van der Waals surface area contributed by atoms with Crippen molar-refractivity contribution >= 4 is 41.5 Å². The van der Waals surface area contributed by atoms with Crippen molar-refractivity contribution in [3.63, 3.8) is 0 Å². The lowest BCUT2D eigenvalue weighted by Crippen LogP contribution is -2.46. The largest absolute Gasteiger partial charge is 0.480 e. The van der Waals surface area contributed by atoms with Gasteiger partial charge in [0.1, 0.15) is 6.10 Å². The topological polar surface area (TPSA) is 247 Å². The molecule has 17 nitrogen and oxygen atoms in total. The third kappa shape index (κ3) is 21.8. The highest BCUT2D eigenvalue weighted by Crippen LogP contribution is 2.05. The number of aliphatic hydroxyl groups excluding tert-OH is 2. The van der Waals surface area contributed by atoms with Crippen LogP contribution in [0.25, 0.3) is 0 Å². The molecular formula is C23H42N4O13S. The molecule has 0 saturated heterocycles. The van der Waals surface area contributed by atoms with Crippen molar-refractivity contribution in [2.24, 2.45) is 0 Å². The quantitative estimate of drug-likeness (QED) is 0.0356. The fourth-order valence-electron chi connectivity index (χ4n) is 3.43. The molecule has 0 aromatic heterocycles. The summed E-state index contributed by atoms with van der Waals surface area (Å²) in [6.07, 6.45) is -1.42. The maximum absolute atomic E-state index is 12.4. The van der Waals surface area contributed by atoms with E-state index in [2.05, 4.69) is 5.32 Å². The third-order valence-corrected chi connectivity index (χ3v) is 6.41. The Balaban J connectivity index is 4.61. The van der Waals surface area contributed by atoms with Crippen LogP contribution in [0, 0.1) is 0 Å². The van der Waals surface area contributed by atoms with Crippen molar-refractivity contribution in [3.05, 3.63) is 0 Å². The van der Waals surface area contributed by atoms with Crippen LogP contribution in [0.5, 0.6) is 0 Å². The summed E-state index contributed by atoms with van der Waals surface area (Å²) in [5, 5.41) is 57.7. The molecular weight excluding hydrogens is 572 g/mol. The third-order valence-electron chi connectivity index (χ3n) is 5.34. The SMILES string of the molecule is COC(O)[C@H](CO)OCCCSCCNC(=O)CN(CCN(CCN(CC(=O)O)CC(=O)O)CC(=O)O)CC(=O)O. The Bertz CT molecular complexity index is 792. The van der Waals surface area contributed by atoms with Crippen molar-refractivity contribution < 1.29 is 64.1 Å². The first-order chi connectivity index (χ1) is 19.4. The van der Waals surface area contributed by atoms with Crippen molar-refractivity contribution in [1.82, 2.24) is 20.0 Å². The van der Waals surface area contributed by atoms with E-state index in [0.29, 0.717) is 31.1 Å². The second-order valence-corrected chi connectivity index (χ2v) is 10.0. The molecule has 0 saturated carbocycles. The van der Waals surface area contributed by atoms with Crippen molar-refractivity contribution in [3.8, 4) is 0 Å². The van der Waals surface area contributed by atoms with Gasteiger partial charge in [-0.15, -0.1) is 0 Å². The number of carboxylic acids is 4. The molecule has 0 bridgehead atoms. The van der Waals surface area contributed by atoms with Crippen LogP contribution in [0.3, 0.4) is 0 Å². The number of amides is 1. The summed E-state index contributed by atoms with van der Waals surface area (Å²) in [5.41, 5.74) is 0. The zero-order valence-corrected chi connectivity index (χ0v) is 23.9. The molecule has 7 N–H and O–H groups in total. The molecule has 41 heavy (non-hydrogen) atoms. The minimum atomic E-state index is -1.24. The molecule has 0 fully saturated rings. The van der Waals surface area contributed by atoms with Gasteiger partial charge in [0, 0.05) is 52.2 Å². The molecule has 0 rings (SSSR count). The van der Waals surface area contributed by atoms with Gasteiger partial charge in [-0.25, -0.2) is 0 Å². The molecule has 0 aliphatic heterocycles. The number of methoxy groups -OCH3 is 1. The van der Waals surface area contributed by atoms with Gasteiger partial charge in [-0.3, -0.25) is 38.7 Å². The molecule has 2 atom stereocenters. The normalized spacial score (nSPS) is 12.9. The summed E-state index contributed by atoms with van der Waals surface area (Å²) in [7, 11) is 1.29. The van der Waals surface area contributed by atoms with Gasteiger partial charge in [-0.1, -0.05) is 0 Å². The highest BCUT2D eigenvalue weighted by molar-refractivity contribution is 7.99. The van der Waals surface area contributed by atoms with E-state index in [0.717, 1.165) is 4.90 Å². The lowest BCUT2D eigenvalue weighted by molar-refractivity contribution is -0.174. The van der Waals surface area contributed by atoms with Gasteiger partial charge < -0.3 is 45.4 Å². The molecule has 1 unspecified atom stereocenters. The number of nitrogens with zero attached hydrogens (tertiary/aromatic N) is 3. The number of aliphatic carboxylic acids is 4. The zero-order chi connectivity index (χ0) is 31.2. The second-order valence-electron chi connectivity index (χ2n) is 8.81. The number of nitrogens with one attached hydrogen (secondary N) is 1. The van der Waals surface area contributed by atoms with Gasteiger partial charge >= 0.3 is 23.9 Å². The van der Waals surface area contributed by atoms with Gasteiger partial charge in [0.05, 0.1) is 39.3 Å². The van der Waals surface area contributed by atoms with Crippen LogP contribution in [0.4, 0.5) is 0 Å². The van der Waals surface area contributed by atoms with Crippen molar-refractivity contribution in [1.29, 1.82) is 0 Å². The van der Waals surface area contributed by atoms with Crippen LogP contribution >= 0.6 is 11.8 Å². The number of hydrogen-bond donors (Lipinski definition) is 7. The van der Waals surface area contributed by atoms with Gasteiger partial charge in [0.15, 0.2) is 6.29 Å². The second kappa shape index (κ2) is 23.0. The smallest absolute Gasteiger partial charge is 0.317 e. The molecule has 1 amide bonds. The summed E-state index contributed by atoms with van der Waals surface area (Å²) in [5.74, 6) is -4.00. The van der Waals surface area contributed by atoms with E-state index in [1.807, 2.05) is 0 Å². The maximum atomic E-state index is 12.4. The molecule has 0 aromatic rings. The number of hydrogen-bond acceptors (Lipinski definition) is 13. The molecule has 0 aliphatic rings. The van der Waals surface area contributed by atoms with E-state index in [4.69, 9.17) is 24.8 Å². The Labute approximate surface area is 242 Å². The van der Waals surface area contributed by atoms with Gasteiger partial charge in [0.2, 0.25) is 5.91 Å². The lowest BCUT2D eigenvalue weighted by Gasteiger charge is -2.27. The Morgan fingerprint density at radius 1 is 0.756 bits per heavy atom. The first-order valence-electron chi connectivity index (χ1n) is 12.7. The minimum absolute atomic E-state index is 0.00977. The van der Waals surface area contributed by atoms with Gasteiger partial charge in [-0.2, -0.15) is 11.8 Å². The van der Waals surface area contributed by atoms with Crippen LogP contribution in [0.1, 0.15) is 6.42 Å². The number of rotatable bonds is 27. The van der Waals surface area contributed by atoms with Gasteiger partial charge in [-0.05, 0) is 12.2 Å². The van der Waals surface area contributed by atoms with Crippen LogP contribution < -0.4 is 5.32 Å². The zero-order valence-electron chi connectivity index (χ0n) is 23.1. The van der Waals surface area contributed by atoms with Crippen molar-refractivity contribution in [2.75, 3.05) is 97.3 Å². The predicted molar refractivity (Wildman–Crippen MR) is 145 cm³/mol. The number of carboxylic acid groups (broad SMARTS) is 4. The monoisotopic (exact) mass is 614 g/mol. The van der Waals surface area contributed by atoms with Crippen LogP contribution in [0.2, 0.25) is 0 Å². The first kappa shape index (κ1) is 38.4. The summed E-state index contributed by atoms with van der Waals surface area (Å²) >= 11 is 1.53. The summed E-state index contributed by atoms with van der Waals surface area (Å²) in [6, 6.07) is 0. The molecule has 0 aliphatic carbocycles. The predicted octanol–water partition coefficient (Wildman–Crippen LogP) is -3.19. The fraction of sp³-hybridized carbons (Fsp3) is 0.783. The number of aliphatic hydroxyl groups is 2. The van der Waals surface area contributed by atoms with E-state index in [1.54, 1.807) is 0 Å². The highest BCUT2D eigenvalue weighted by atomic mass is 32.2. The number of ether oxygens (including phenoxy) is 2. The molecule has 0 spiro atoms. The Hall–Kier alpha value is -2.58. The standard InChI is InChI=1S/C23H42N4O13S/c1-39-23(38)17(16-28)40-8-2-9-41-10-3-24-18(29)11-26(13-20(32)33)6-4-25(12-19(30)31)5-7-27(14-21(34)35)15-22(36)37/h17,23,28,38H,2-16H2,1H3,(H,24,29)(H,30,31)(H,32,33)(H,34,35)(H,36,37)/t17-,23?/m0/s1. The van der Waals surface area contributed by atoms with Crippen LogP contribution in [-0.4, -0.2) is 185 Å². The van der Waals surface area contributed by atoms with Crippen LogP contribution in [-0.2, 0) is 33.4 Å². The Morgan fingerprint density at radius 3 is 1.68 bits per heavy atom. The van der Waals surface area contributed by atoms with E-state index < -0.39 is 68.4 Å². The Kier molecular flexibility index (Phi) is 21.6. The summed E-state index contributed by atoms with van der Waals surface area (Å²) in [6.45, 7) is -2.02. The van der Waals surface area contributed by atoms with E-state index in [1.165, 1.54) is 28.7 Å². The van der Waals surface area contributed by atoms with Crippen molar-refractivity contribution in [2.45, 2.75) is 18.8 Å². The minimum Gasteiger partial charge on any atom is -0.480 e. The number of thioether (sulfide) groups is 1. The number of carbonyl (C=O) groups excluding carboxylic acids is 1. The molecule has 0 aromatic carbocycles. The fourth-order valence-corrected chi connectivity index (χ4v) is 4.20. The summed E-state index contributed by atoms with van der Waals surface area (Å²) < 4.78 is 10.0. The molecule has 0 radical (unpaired) electrons. The average molecular weight is 615 g/mol. The lowest BCUT2D eigenvalue weighted by atomic mass is 10.3. The maximum Gasteiger partial charge on any atom is 0.317 e. The Morgan fingerprint density at radius 2 is 1.22 bits per heavy atom. The molecule has 0 heterocycles. The van der Waals surface area contributed by atoms with E-state index in [9.17, 15) is 39.3 Å². The first-order valence-corrected chi connectivity index (χ1v) is 13.8. The van der Waals surface area contributed by atoms with Gasteiger partial charge in [0.25, 0.3) is 0 Å². The molecule has 238 valence electrons. The van der Waals surface area contributed by atoms with Crippen LogP contribution in [0.15, 0.2) is 0 Å². The van der Waals surface area contributed by atoms with E-state index in [-0.39, 0.29) is 39.3 Å².